The molecule has 1 aliphatic rings. The van der Waals surface area contributed by atoms with Gasteiger partial charge in [0.05, 0.1) is 16.6 Å². The van der Waals surface area contributed by atoms with Crippen molar-refractivity contribution in [3.05, 3.63) is 54.7 Å². The van der Waals surface area contributed by atoms with E-state index in [1.165, 1.54) is 30.5 Å². The van der Waals surface area contributed by atoms with Gasteiger partial charge in [-0.3, -0.25) is 10.1 Å². The Hall–Kier alpha value is -3.16. The lowest BCUT2D eigenvalue weighted by atomic mass is 10.0. The third kappa shape index (κ3) is 4.47. The van der Waals surface area contributed by atoms with E-state index in [4.69, 9.17) is 4.74 Å². The predicted octanol–water partition coefficient (Wildman–Crippen LogP) is 5.33. The molecule has 0 N–H and O–H groups in total. The average Bonchev–Trinajstić information content (AvgIpc) is 2.67. The van der Waals surface area contributed by atoms with E-state index in [0.29, 0.717) is 42.6 Å². The van der Waals surface area contributed by atoms with Crippen molar-refractivity contribution in [2.75, 3.05) is 18.0 Å². The first kappa shape index (κ1) is 19.2. The van der Waals surface area contributed by atoms with Crippen molar-refractivity contribution in [3.63, 3.8) is 0 Å². The molecule has 0 spiro atoms. The van der Waals surface area contributed by atoms with E-state index in [0.717, 1.165) is 5.69 Å². The minimum atomic E-state index is -4.74. The van der Waals surface area contributed by atoms with Crippen LogP contribution in [0.15, 0.2) is 54.7 Å². The molecule has 1 aromatic heterocycles. The van der Waals surface area contributed by atoms with E-state index in [1.54, 1.807) is 6.07 Å². The molecule has 8 heteroatoms. The highest BCUT2D eigenvalue weighted by atomic mass is 19.4. The molecule has 3 aromatic rings. The van der Waals surface area contributed by atoms with Crippen LogP contribution in [0.25, 0.3) is 10.9 Å². The minimum absolute atomic E-state index is 0.0644. The quantitative estimate of drug-likeness (QED) is 0.591. The zero-order chi connectivity index (χ0) is 20.4. The Balaban J connectivity index is 1.43. The number of pyridine rings is 1. The van der Waals surface area contributed by atoms with Crippen LogP contribution in [0.5, 0.6) is 17.2 Å². The summed E-state index contributed by atoms with van der Waals surface area (Å²) in [7, 11) is 0. The lowest BCUT2D eigenvalue weighted by Crippen LogP contribution is -2.38. The summed E-state index contributed by atoms with van der Waals surface area (Å²) in [6, 6.07) is 12.6. The van der Waals surface area contributed by atoms with Gasteiger partial charge < -0.3 is 14.4 Å². The molecule has 2 aromatic carbocycles. The summed E-state index contributed by atoms with van der Waals surface area (Å²) >= 11 is 0. The summed E-state index contributed by atoms with van der Waals surface area (Å²) in [6.07, 6.45) is -2.01. The second kappa shape index (κ2) is 7.69. The molecule has 5 nitrogen and oxygen atoms in total. The second-order valence-corrected chi connectivity index (χ2v) is 6.81. The fourth-order valence-corrected chi connectivity index (χ4v) is 3.57. The van der Waals surface area contributed by atoms with Gasteiger partial charge in [-0.05, 0) is 24.3 Å². The van der Waals surface area contributed by atoms with E-state index < -0.39 is 6.36 Å². The van der Waals surface area contributed by atoms with Crippen LogP contribution >= 0.6 is 0 Å². The number of hydrogen-bond acceptors (Lipinski definition) is 4. The molecule has 1 saturated heterocycles. The van der Waals surface area contributed by atoms with E-state index in [9.17, 15) is 18.3 Å². The molecular weight excluding hydrogens is 385 g/mol. The van der Waals surface area contributed by atoms with Crippen LogP contribution in [0.1, 0.15) is 12.8 Å². The first-order chi connectivity index (χ1) is 13.9. The van der Waals surface area contributed by atoms with Gasteiger partial charge in [0.15, 0.2) is 5.75 Å². The summed E-state index contributed by atoms with van der Waals surface area (Å²) in [6.45, 7) is 1.33. The van der Waals surface area contributed by atoms with Gasteiger partial charge in [0.25, 0.3) is 0 Å². The highest BCUT2D eigenvalue weighted by Gasteiger charge is 2.31. The number of benzene rings is 2. The molecule has 0 atom stereocenters. The van der Waals surface area contributed by atoms with Crippen molar-refractivity contribution < 1.29 is 27.8 Å². The maximum atomic E-state index is 12.4. The first-order valence-electron chi connectivity index (χ1n) is 9.21. The lowest BCUT2D eigenvalue weighted by molar-refractivity contribution is -0.274. The second-order valence-electron chi connectivity index (χ2n) is 6.81. The molecule has 1 fully saturated rings. The van der Waals surface area contributed by atoms with Crippen LogP contribution in [0, 0.1) is 0 Å². The number of piperidine rings is 1. The number of rotatable bonds is 4. The van der Waals surface area contributed by atoms with Gasteiger partial charge in [-0.1, -0.05) is 12.1 Å². The highest BCUT2D eigenvalue weighted by molar-refractivity contribution is 5.96. The molecule has 151 valence electrons. The van der Waals surface area contributed by atoms with E-state index in [2.05, 4.69) is 14.6 Å². The van der Waals surface area contributed by atoms with Gasteiger partial charge in [0, 0.05) is 44.3 Å². The summed E-state index contributed by atoms with van der Waals surface area (Å²) in [5.74, 6) is -0.0366. The molecule has 1 radical (unpaired) electrons. The summed E-state index contributed by atoms with van der Waals surface area (Å²) < 4.78 is 46.9. The van der Waals surface area contributed by atoms with Gasteiger partial charge in [0.2, 0.25) is 0 Å². The summed E-state index contributed by atoms with van der Waals surface area (Å²) in [5, 5.41) is 12.9. The Morgan fingerprint density at radius 2 is 1.72 bits per heavy atom. The Bertz CT molecular complexity index is 997. The predicted molar refractivity (Wildman–Crippen MR) is 101 cm³/mol. The average molecular weight is 403 g/mol. The number of hydrogen-bond donors (Lipinski definition) is 0. The normalized spacial score (nSPS) is 15.5. The largest absolute Gasteiger partial charge is 0.573 e. The van der Waals surface area contributed by atoms with Crippen molar-refractivity contribution in [1.82, 2.24) is 4.98 Å². The molecule has 1 aliphatic heterocycles. The van der Waals surface area contributed by atoms with E-state index >= 15 is 0 Å². The van der Waals surface area contributed by atoms with Crippen molar-refractivity contribution >= 4 is 16.6 Å². The maximum Gasteiger partial charge on any atom is 0.573 e. The fourth-order valence-electron chi connectivity index (χ4n) is 3.57. The molecule has 0 bridgehead atoms. The Morgan fingerprint density at radius 1 is 1.00 bits per heavy atom. The fraction of sp³-hybridized carbons (Fsp3) is 0.286. The van der Waals surface area contributed by atoms with Gasteiger partial charge >= 0.3 is 6.36 Å². The molecule has 4 rings (SSSR count). The molecule has 0 amide bonds. The lowest BCUT2D eigenvalue weighted by Gasteiger charge is -2.34. The Kier molecular flexibility index (Phi) is 5.08. The monoisotopic (exact) mass is 403 g/mol. The third-order valence-electron chi connectivity index (χ3n) is 4.83. The van der Waals surface area contributed by atoms with Crippen molar-refractivity contribution in [2.45, 2.75) is 25.3 Å². The minimum Gasteiger partial charge on any atom is -0.490 e. The Labute approximate surface area is 165 Å². The smallest absolute Gasteiger partial charge is 0.490 e. The molecular formula is C21H18F3N2O3. The zero-order valence-electron chi connectivity index (χ0n) is 15.4. The molecule has 2 heterocycles. The van der Waals surface area contributed by atoms with Crippen LogP contribution in [-0.2, 0) is 5.11 Å². The van der Waals surface area contributed by atoms with Crippen LogP contribution in [0.4, 0.5) is 18.9 Å². The van der Waals surface area contributed by atoms with Gasteiger partial charge in [-0.15, -0.1) is 13.2 Å². The summed E-state index contributed by atoms with van der Waals surface area (Å²) in [4.78, 5) is 6.38. The van der Waals surface area contributed by atoms with E-state index in [-0.39, 0.29) is 17.6 Å². The molecule has 29 heavy (non-hydrogen) atoms. The number of aromatic nitrogens is 1. The highest BCUT2D eigenvalue weighted by Crippen LogP contribution is 2.35. The zero-order valence-corrected chi connectivity index (χ0v) is 15.4. The SMILES string of the molecule is [O]c1ccnc2cccc(N3CCC(Oc4cccc(OC(F)(F)F)c4)CC3)c12. The van der Waals surface area contributed by atoms with Crippen LogP contribution in [0.2, 0.25) is 0 Å². The molecule has 0 aliphatic carbocycles. The maximum absolute atomic E-state index is 12.4. The number of halogens is 3. The number of ether oxygens (including phenoxy) is 2. The van der Waals surface area contributed by atoms with E-state index in [1.807, 2.05) is 18.2 Å². The standard InChI is InChI=1S/C21H18F3N2O3/c22-21(23,24)29-16-4-1-3-15(13-16)28-14-8-11-26(12-9-14)18-6-2-5-17-20(18)19(27)7-10-25-17/h1-7,10,13-14H,8-9,11-12H2. The van der Waals surface area contributed by atoms with Gasteiger partial charge in [-0.2, -0.15) is 0 Å². The number of anilines is 1. The van der Waals surface area contributed by atoms with Crippen LogP contribution in [0.3, 0.4) is 0 Å². The molecule has 0 unspecified atom stereocenters. The van der Waals surface area contributed by atoms with Crippen LogP contribution < -0.4 is 14.4 Å². The van der Waals surface area contributed by atoms with Gasteiger partial charge in [0.1, 0.15) is 17.6 Å². The van der Waals surface area contributed by atoms with Gasteiger partial charge in [-0.25, -0.2) is 0 Å². The van der Waals surface area contributed by atoms with Crippen LogP contribution in [-0.4, -0.2) is 30.5 Å². The van der Waals surface area contributed by atoms with Crippen molar-refractivity contribution in [3.8, 4) is 17.2 Å². The third-order valence-corrected chi connectivity index (χ3v) is 4.83. The number of nitrogens with zero attached hydrogens (tertiary/aromatic N) is 2. The topological polar surface area (TPSA) is 54.5 Å². The van der Waals surface area contributed by atoms with Crippen molar-refractivity contribution in [2.24, 2.45) is 0 Å². The number of fused-ring (bicyclic) bond motifs is 1. The summed E-state index contributed by atoms with van der Waals surface area (Å²) in [5.41, 5.74) is 1.51. The number of alkyl halides is 3. The van der Waals surface area contributed by atoms with Crippen molar-refractivity contribution in [1.29, 1.82) is 0 Å². The Morgan fingerprint density at radius 3 is 2.48 bits per heavy atom. The molecule has 0 saturated carbocycles. The first-order valence-corrected chi connectivity index (χ1v) is 9.21.